The van der Waals surface area contributed by atoms with Crippen molar-refractivity contribution in [2.24, 2.45) is 0 Å². The molecule has 0 radical (unpaired) electrons. The SMILES string of the molecule is CC(C)N(C)Cc1ccccc1C#CCCO. The molecule has 1 aromatic carbocycles. The number of hydrogen-bond donors (Lipinski definition) is 1. The quantitative estimate of drug-likeness (QED) is 0.803. The number of benzene rings is 1. The average molecular weight is 231 g/mol. The largest absolute Gasteiger partial charge is 0.395 e. The minimum atomic E-state index is 0.126. The van der Waals surface area contributed by atoms with Gasteiger partial charge in [0.15, 0.2) is 0 Å². The summed E-state index contributed by atoms with van der Waals surface area (Å²) in [4.78, 5) is 2.28. The molecule has 0 bridgehead atoms. The van der Waals surface area contributed by atoms with Crippen LogP contribution in [0.4, 0.5) is 0 Å². The van der Waals surface area contributed by atoms with Crippen molar-refractivity contribution in [2.75, 3.05) is 13.7 Å². The lowest BCUT2D eigenvalue weighted by molar-refractivity contribution is 0.265. The zero-order valence-corrected chi connectivity index (χ0v) is 10.9. The number of rotatable bonds is 4. The second-order valence-electron chi connectivity index (χ2n) is 4.44. The van der Waals surface area contributed by atoms with E-state index < -0.39 is 0 Å². The van der Waals surface area contributed by atoms with E-state index in [2.05, 4.69) is 43.7 Å². The second-order valence-corrected chi connectivity index (χ2v) is 4.44. The molecule has 17 heavy (non-hydrogen) atoms. The van der Waals surface area contributed by atoms with Gasteiger partial charge < -0.3 is 5.11 Å². The van der Waals surface area contributed by atoms with Crippen molar-refractivity contribution in [1.29, 1.82) is 0 Å². The maximum absolute atomic E-state index is 8.72. The normalized spacial score (nSPS) is 10.5. The Kier molecular flexibility index (Phi) is 5.76. The molecule has 0 saturated carbocycles. The molecule has 1 N–H and O–H groups in total. The number of aliphatic hydroxyl groups excluding tert-OH is 1. The van der Waals surface area contributed by atoms with Gasteiger partial charge in [0.25, 0.3) is 0 Å². The van der Waals surface area contributed by atoms with Crippen LogP contribution in [-0.4, -0.2) is 29.7 Å². The lowest BCUT2D eigenvalue weighted by Crippen LogP contribution is -2.25. The maximum atomic E-state index is 8.72. The monoisotopic (exact) mass is 231 g/mol. The first-order chi connectivity index (χ1) is 8.15. The Labute approximate surface area is 104 Å². The van der Waals surface area contributed by atoms with Gasteiger partial charge in [-0.3, -0.25) is 4.90 Å². The third-order valence-electron chi connectivity index (χ3n) is 2.78. The van der Waals surface area contributed by atoms with E-state index in [0.29, 0.717) is 12.5 Å². The summed E-state index contributed by atoms with van der Waals surface area (Å²) in [5.74, 6) is 6.10. The highest BCUT2D eigenvalue weighted by Gasteiger charge is 2.06. The summed E-state index contributed by atoms with van der Waals surface area (Å²) < 4.78 is 0. The lowest BCUT2D eigenvalue weighted by atomic mass is 10.1. The van der Waals surface area contributed by atoms with Gasteiger partial charge in [0.05, 0.1) is 6.61 Å². The molecule has 0 unspecified atom stereocenters. The summed E-state index contributed by atoms with van der Waals surface area (Å²) in [5, 5.41) is 8.72. The fourth-order valence-corrected chi connectivity index (χ4v) is 1.45. The molecule has 0 aliphatic carbocycles. The van der Waals surface area contributed by atoms with Crippen LogP contribution in [0.5, 0.6) is 0 Å². The van der Waals surface area contributed by atoms with Gasteiger partial charge in [0.2, 0.25) is 0 Å². The van der Waals surface area contributed by atoms with Crippen molar-refractivity contribution in [1.82, 2.24) is 4.90 Å². The second kappa shape index (κ2) is 7.11. The van der Waals surface area contributed by atoms with E-state index in [4.69, 9.17) is 5.11 Å². The topological polar surface area (TPSA) is 23.5 Å². The van der Waals surface area contributed by atoms with Crippen LogP contribution in [0.25, 0.3) is 0 Å². The molecule has 1 rings (SSSR count). The minimum absolute atomic E-state index is 0.126. The van der Waals surface area contributed by atoms with E-state index in [9.17, 15) is 0 Å². The van der Waals surface area contributed by atoms with Gasteiger partial charge >= 0.3 is 0 Å². The number of hydrogen-bond acceptors (Lipinski definition) is 2. The fourth-order valence-electron chi connectivity index (χ4n) is 1.45. The van der Waals surface area contributed by atoms with E-state index in [0.717, 1.165) is 12.1 Å². The van der Waals surface area contributed by atoms with Crippen LogP contribution >= 0.6 is 0 Å². The van der Waals surface area contributed by atoms with Crippen LogP contribution in [0, 0.1) is 11.8 Å². The highest BCUT2D eigenvalue weighted by Crippen LogP contribution is 2.11. The van der Waals surface area contributed by atoms with Crippen LogP contribution in [0.3, 0.4) is 0 Å². The van der Waals surface area contributed by atoms with E-state index in [1.165, 1.54) is 5.56 Å². The molecular weight excluding hydrogens is 210 g/mol. The molecule has 1 aromatic rings. The van der Waals surface area contributed by atoms with Gasteiger partial charge in [-0.15, -0.1) is 0 Å². The average Bonchev–Trinajstić information content (AvgIpc) is 2.31. The Bertz CT molecular complexity index is 401. The summed E-state index contributed by atoms with van der Waals surface area (Å²) in [6.45, 7) is 5.39. The van der Waals surface area contributed by atoms with E-state index in [1.807, 2.05) is 18.2 Å². The molecule has 92 valence electrons. The van der Waals surface area contributed by atoms with Crippen LogP contribution < -0.4 is 0 Å². The molecule has 2 nitrogen and oxygen atoms in total. The van der Waals surface area contributed by atoms with Gasteiger partial charge in [0.1, 0.15) is 0 Å². The molecule has 0 aliphatic rings. The highest BCUT2D eigenvalue weighted by atomic mass is 16.2. The minimum Gasteiger partial charge on any atom is -0.395 e. The summed E-state index contributed by atoms with van der Waals surface area (Å²) in [6.07, 6.45) is 0.536. The molecule has 0 saturated heterocycles. The predicted octanol–water partition coefficient (Wildman–Crippen LogP) is 2.26. The van der Waals surface area contributed by atoms with Crippen molar-refractivity contribution < 1.29 is 5.11 Å². The molecule has 0 amide bonds. The summed E-state index contributed by atoms with van der Waals surface area (Å²) in [7, 11) is 2.11. The van der Waals surface area contributed by atoms with Crippen molar-refractivity contribution in [3.63, 3.8) is 0 Å². The zero-order valence-electron chi connectivity index (χ0n) is 10.9. The molecule has 0 aromatic heterocycles. The zero-order chi connectivity index (χ0) is 12.7. The first kappa shape index (κ1) is 13.8. The number of aliphatic hydroxyl groups is 1. The summed E-state index contributed by atoms with van der Waals surface area (Å²) in [6, 6.07) is 8.71. The van der Waals surface area contributed by atoms with Crippen molar-refractivity contribution in [2.45, 2.75) is 32.9 Å². The molecule has 0 fully saturated rings. The Morgan fingerprint density at radius 3 is 2.65 bits per heavy atom. The molecule has 0 spiro atoms. The predicted molar refractivity (Wildman–Crippen MR) is 71.6 cm³/mol. The fraction of sp³-hybridized carbons (Fsp3) is 0.467. The van der Waals surface area contributed by atoms with Gasteiger partial charge in [-0.25, -0.2) is 0 Å². The van der Waals surface area contributed by atoms with Crippen LogP contribution in [0.15, 0.2) is 24.3 Å². The Morgan fingerprint density at radius 1 is 1.29 bits per heavy atom. The molecule has 0 aliphatic heterocycles. The Hall–Kier alpha value is -1.30. The lowest BCUT2D eigenvalue weighted by Gasteiger charge is -2.21. The standard InChI is InChI=1S/C15H21NO/c1-13(2)16(3)12-15-10-5-4-8-14(15)9-6-7-11-17/h4-5,8,10,13,17H,7,11-12H2,1-3H3. The van der Waals surface area contributed by atoms with Crippen LogP contribution in [0.2, 0.25) is 0 Å². The molecule has 0 atom stereocenters. The first-order valence-corrected chi connectivity index (χ1v) is 6.03. The van der Waals surface area contributed by atoms with Gasteiger partial charge in [0, 0.05) is 24.6 Å². The molecule has 0 heterocycles. The van der Waals surface area contributed by atoms with E-state index in [-0.39, 0.29) is 6.61 Å². The van der Waals surface area contributed by atoms with Crippen molar-refractivity contribution in [3.05, 3.63) is 35.4 Å². The van der Waals surface area contributed by atoms with E-state index >= 15 is 0 Å². The number of nitrogens with zero attached hydrogens (tertiary/aromatic N) is 1. The Balaban J connectivity index is 2.82. The third-order valence-corrected chi connectivity index (χ3v) is 2.78. The van der Waals surface area contributed by atoms with Gasteiger partial charge in [-0.1, -0.05) is 30.0 Å². The van der Waals surface area contributed by atoms with Gasteiger partial charge in [-0.2, -0.15) is 0 Å². The highest BCUT2D eigenvalue weighted by molar-refractivity contribution is 5.41. The smallest absolute Gasteiger partial charge is 0.0540 e. The third kappa shape index (κ3) is 4.60. The first-order valence-electron chi connectivity index (χ1n) is 6.03. The molecule has 2 heteroatoms. The van der Waals surface area contributed by atoms with Crippen molar-refractivity contribution in [3.8, 4) is 11.8 Å². The molecular formula is C15H21NO. The van der Waals surface area contributed by atoms with Crippen LogP contribution in [0.1, 0.15) is 31.4 Å². The van der Waals surface area contributed by atoms with E-state index in [1.54, 1.807) is 0 Å². The Morgan fingerprint density at radius 2 is 2.00 bits per heavy atom. The summed E-state index contributed by atoms with van der Waals surface area (Å²) >= 11 is 0. The summed E-state index contributed by atoms with van der Waals surface area (Å²) in [5.41, 5.74) is 2.31. The maximum Gasteiger partial charge on any atom is 0.0540 e. The van der Waals surface area contributed by atoms with Crippen LogP contribution in [-0.2, 0) is 6.54 Å². The van der Waals surface area contributed by atoms with Crippen molar-refractivity contribution >= 4 is 0 Å². The van der Waals surface area contributed by atoms with Gasteiger partial charge in [-0.05, 0) is 32.5 Å².